The Labute approximate surface area is 152 Å². The Morgan fingerprint density at radius 3 is 2.36 bits per heavy atom. The highest BCUT2D eigenvalue weighted by Crippen LogP contribution is 2.35. The van der Waals surface area contributed by atoms with Gasteiger partial charge in [-0.05, 0) is 41.5 Å². The second-order valence-electron chi connectivity index (χ2n) is 8.11. The Morgan fingerprint density at radius 1 is 1.24 bits per heavy atom. The molecule has 25 heavy (non-hydrogen) atoms. The topological polar surface area (TPSA) is 75.7 Å². The molecule has 1 amide bonds. The van der Waals surface area contributed by atoms with Crippen LogP contribution in [0.5, 0.6) is 0 Å². The summed E-state index contributed by atoms with van der Waals surface area (Å²) in [5, 5.41) is 0. The SMILES string of the molecule is CC(C)(C)NS(=O)(=O)c1sc2c(c1F)CN(C(=O)OC(C)(C)C)CC2. The van der Waals surface area contributed by atoms with Gasteiger partial charge in [-0.25, -0.2) is 22.3 Å². The van der Waals surface area contributed by atoms with E-state index >= 15 is 0 Å². The van der Waals surface area contributed by atoms with Crippen LogP contribution >= 0.6 is 11.3 Å². The number of sulfonamides is 1. The zero-order chi connectivity index (χ0) is 19.2. The molecule has 0 aromatic carbocycles. The molecule has 0 atom stereocenters. The van der Waals surface area contributed by atoms with E-state index in [4.69, 9.17) is 4.74 Å². The molecule has 9 heteroatoms. The molecular weight excluding hydrogens is 367 g/mol. The summed E-state index contributed by atoms with van der Waals surface area (Å²) in [4.78, 5) is 14.2. The van der Waals surface area contributed by atoms with Crippen molar-refractivity contribution in [1.29, 1.82) is 0 Å². The average molecular weight is 393 g/mol. The van der Waals surface area contributed by atoms with Crippen LogP contribution in [0.4, 0.5) is 9.18 Å². The normalized spacial score (nSPS) is 15.9. The summed E-state index contributed by atoms with van der Waals surface area (Å²) < 4.78 is 47.1. The predicted octanol–water partition coefficient (Wildman–Crippen LogP) is 3.26. The lowest BCUT2D eigenvalue weighted by molar-refractivity contribution is 0.0223. The summed E-state index contributed by atoms with van der Waals surface area (Å²) in [6.07, 6.45) is -0.123. The average Bonchev–Trinajstić information content (AvgIpc) is 2.72. The molecule has 0 unspecified atom stereocenters. The maximum Gasteiger partial charge on any atom is 0.410 e. The molecule has 0 saturated heterocycles. The standard InChI is InChI=1S/C16H25FN2O4S2/c1-15(2,3)18-25(21,22)13-12(17)10-9-19(8-7-11(10)24-13)14(20)23-16(4,5)6/h18H,7-9H2,1-6H3. The molecule has 0 radical (unpaired) electrons. The van der Waals surface area contributed by atoms with Crippen molar-refractivity contribution in [1.82, 2.24) is 9.62 Å². The van der Waals surface area contributed by atoms with Gasteiger partial charge < -0.3 is 9.64 Å². The first-order valence-electron chi connectivity index (χ1n) is 8.01. The number of amides is 1. The van der Waals surface area contributed by atoms with Crippen molar-refractivity contribution >= 4 is 27.5 Å². The molecule has 1 aromatic heterocycles. The van der Waals surface area contributed by atoms with Crippen LogP contribution in [0.25, 0.3) is 0 Å². The highest BCUT2D eigenvalue weighted by atomic mass is 32.2. The molecule has 1 aromatic rings. The number of nitrogens with one attached hydrogen (secondary N) is 1. The monoisotopic (exact) mass is 392 g/mol. The Morgan fingerprint density at radius 2 is 1.84 bits per heavy atom. The van der Waals surface area contributed by atoms with E-state index in [9.17, 15) is 17.6 Å². The minimum atomic E-state index is -3.95. The van der Waals surface area contributed by atoms with E-state index in [1.807, 2.05) is 0 Å². The largest absolute Gasteiger partial charge is 0.444 e. The minimum absolute atomic E-state index is 0.0115. The summed E-state index contributed by atoms with van der Waals surface area (Å²) in [7, 11) is -3.95. The smallest absolute Gasteiger partial charge is 0.410 e. The van der Waals surface area contributed by atoms with Crippen LogP contribution < -0.4 is 4.72 Å². The molecule has 1 aliphatic heterocycles. The first-order valence-corrected chi connectivity index (χ1v) is 10.3. The lowest BCUT2D eigenvalue weighted by atomic mass is 10.1. The van der Waals surface area contributed by atoms with Gasteiger partial charge in [0.05, 0.1) is 6.54 Å². The van der Waals surface area contributed by atoms with E-state index in [1.165, 1.54) is 4.90 Å². The number of thiophene rings is 1. The third-order valence-electron chi connectivity index (χ3n) is 3.29. The van der Waals surface area contributed by atoms with Crippen LogP contribution in [0, 0.1) is 5.82 Å². The molecule has 1 aliphatic rings. The van der Waals surface area contributed by atoms with Gasteiger partial charge in [0.15, 0.2) is 10.0 Å². The summed E-state index contributed by atoms with van der Waals surface area (Å²) in [6.45, 7) is 10.7. The highest BCUT2D eigenvalue weighted by Gasteiger charge is 2.34. The van der Waals surface area contributed by atoms with Crippen molar-refractivity contribution in [3.63, 3.8) is 0 Å². The van der Waals surface area contributed by atoms with E-state index in [2.05, 4.69) is 4.72 Å². The molecule has 1 N–H and O–H groups in total. The van der Waals surface area contributed by atoms with Gasteiger partial charge in [0, 0.05) is 28.9 Å². The number of hydrogen-bond acceptors (Lipinski definition) is 5. The number of ether oxygens (including phenoxy) is 1. The number of carbonyl (C=O) groups is 1. The Kier molecular flexibility index (Phi) is 5.24. The molecule has 6 nitrogen and oxygen atoms in total. The van der Waals surface area contributed by atoms with Crippen LogP contribution in [0.15, 0.2) is 4.21 Å². The van der Waals surface area contributed by atoms with Crippen molar-refractivity contribution in [2.45, 2.75) is 69.9 Å². The molecule has 0 saturated carbocycles. The van der Waals surface area contributed by atoms with Gasteiger partial charge in [-0.1, -0.05) is 0 Å². The summed E-state index contributed by atoms with van der Waals surface area (Å²) in [5.74, 6) is -0.773. The van der Waals surface area contributed by atoms with Crippen molar-refractivity contribution in [2.75, 3.05) is 6.54 Å². The van der Waals surface area contributed by atoms with Gasteiger partial charge in [0.25, 0.3) is 10.0 Å². The lowest BCUT2D eigenvalue weighted by Crippen LogP contribution is -2.40. The Balaban J connectivity index is 2.27. The van der Waals surface area contributed by atoms with Crippen molar-refractivity contribution in [3.8, 4) is 0 Å². The van der Waals surface area contributed by atoms with Crippen LogP contribution in [-0.2, 0) is 27.7 Å². The first-order chi connectivity index (χ1) is 11.2. The predicted molar refractivity (Wildman–Crippen MR) is 94.7 cm³/mol. The fourth-order valence-electron chi connectivity index (χ4n) is 2.43. The van der Waals surface area contributed by atoms with Crippen molar-refractivity contribution in [3.05, 3.63) is 16.3 Å². The van der Waals surface area contributed by atoms with Gasteiger partial charge >= 0.3 is 6.09 Å². The maximum atomic E-state index is 14.8. The van der Waals surface area contributed by atoms with E-state index in [1.54, 1.807) is 41.5 Å². The van der Waals surface area contributed by atoms with Crippen molar-refractivity contribution in [2.24, 2.45) is 0 Å². The van der Waals surface area contributed by atoms with Crippen LogP contribution in [0.2, 0.25) is 0 Å². The first kappa shape index (κ1) is 20.1. The molecule has 2 heterocycles. The number of nitrogens with zero attached hydrogens (tertiary/aromatic N) is 1. The van der Waals surface area contributed by atoms with E-state index in [0.717, 1.165) is 11.3 Å². The van der Waals surface area contributed by atoms with Gasteiger partial charge in [-0.2, -0.15) is 0 Å². The second kappa shape index (κ2) is 6.51. The molecule has 142 valence electrons. The number of halogens is 1. The fourth-order valence-corrected chi connectivity index (χ4v) is 5.47. The summed E-state index contributed by atoms with van der Waals surface area (Å²) in [6, 6.07) is 0. The number of rotatable bonds is 2. The zero-order valence-electron chi connectivity index (χ0n) is 15.4. The molecule has 0 aliphatic carbocycles. The van der Waals surface area contributed by atoms with E-state index < -0.39 is 33.1 Å². The Bertz CT molecular complexity index is 773. The van der Waals surface area contributed by atoms with E-state index in [-0.39, 0.29) is 16.3 Å². The van der Waals surface area contributed by atoms with Gasteiger partial charge in [-0.15, -0.1) is 11.3 Å². The molecule has 0 fully saturated rings. The van der Waals surface area contributed by atoms with Crippen LogP contribution in [0.3, 0.4) is 0 Å². The van der Waals surface area contributed by atoms with Gasteiger partial charge in [-0.3, -0.25) is 0 Å². The van der Waals surface area contributed by atoms with Gasteiger partial charge in [0.2, 0.25) is 0 Å². The molecule has 0 spiro atoms. The minimum Gasteiger partial charge on any atom is -0.444 e. The third kappa shape index (κ3) is 4.92. The van der Waals surface area contributed by atoms with Crippen molar-refractivity contribution < 1.29 is 22.3 Å². The van der Waals surface area contributed by atoms with Gasteiger partial charge in [0.1, 0.15) is 5.60 Å². The lowest BCUT2D eigenvalue weighted by Gasteiger charge is -2.29. The number of hydrogen-bond donors (Lipinski definition) is 1. The van der Waals surface area contributed by atoms with Crippen LogP contribution in [0.1, 0.15) is 52.0 Å². The fraction of sp³-hybridized carbons (Fsp3) is 0.688. The molecule has 2 rings (SSSR count). The summed E-state index contributed by atoms with van der Waals surface area (Å²) in [5.41, 5.74) is -1.09. The summed E-state index contributed by atoms with van der Waals surface area (Å²) >= 11 is 0.932. The molecule has 0 bridgehead atoms. The quantitative estimate of drug-likeness (QED) is 0.838. The maximum absolute atomic E-state index is 14.8. The van der Waals surface area contributed by atoms with Crippen LogP contribution in [-0.4, -0.2) is 37.1 Å². The second-order valence-corrected chi connectivity index (χ2v) is 11.1. The zero-order valence-corrected chi connectivity index (χ0v) is 17.0. The third-order valence-corrected chi connectivity index (χ3v) is 6.81. The highest BCUT2D eigenvalue weighted by molar-refractivity contribution is 7.91. The molecular formula is C16H25FN2O4S2. The Hall–Kier alpha value is -1.19. The number of carbonyl (C=O) groups excluding carboxylic acids is 1. The van der Waals surface area contributed by atoms with E-state index in [0.29, 0.717) is 17.8 Å². The number of fused-ring (bicyclic) bond motifs is 1.